The van der Waals surface area contributed by atoms with Crippen LogP contribution < -0.4 is 5.32 Å². The Morgan fingerprint density at radius 3 is 2.62 bits per heavy atom. The average molecular weight is 116 g/mol. The normalized spacial score (nSPS) is 16.9. The molecule has 2 N–H and O–H groups in total. The molecule has 0 aliphatic carbocycles. The number of rotatable bonds is 3. The fourth-order valence-electron chi connectivity index (χ4n) is 0.212. The van der Waals surface area contributed by atoms with Crippen LogP contribution in [-0.2, 0) is 4.79 Å². The number of aliphatic hydroxyl groups is 1. The summed E-state index contributed by atoms with van der Waals surface area (Å²) in [5.41, 5.74) is -1.28. The minimum atomic E-state index is -1.28. The third-order valence-electron chi connectivity index (χ3n) is 0.912. The molecule has 0 fully saturated rings. The van der Waals surface area contributed by atoms with Crippen molar-refractivity contribution in [3.8, 4) is 0 Å². The van der Waals surface area contributed by atoms with Gasteiger partial charge in [0, 0.05) is 0 Å². The Morgan fingerprint density at radius 2 is 2.50 bits per heavy atom. The number of hydrogen-bond donors (Lipinski definition) is 2. The molecule has 3 nitrogen and oxygen atoms in total. The van der Waals surface area contributed by atoms with E-state index in [9.17, 15) is 4.79 Å². The lowest BCUT2D eigenvalue weighted by Crippen LogP contribution is -2.40. The second-order valence-corrected chi connectivity index (χ2v) is 1.65. The van der Waals surface area contributed by atoms with E-state index in [4.69, 9.17) is 5.11 Å². The molecule has 1 atom stereocenters. The maximum Gasteiger partial charge on any atom is 0.209 e. The molecule has 47 valence electrons. The Bertz CT molecular complexity index is 80.5. The number of carbonyl (C=O) groups is 1. The first kappa shape index (κ1) is 7.43. The second-order valence-electron chi connectivity index (χ2n) is 1.65. The average Bonchev–Trinajstić information content (AvgIpc) is 1.67. The smallest absolute Gasteiger partial charge is 0.209 e. The van der Waals surface area contributed by atoms with Gasteiger partial charge >= 0.3 is 0 Å². The molecule has 0 saturated carbocycles. The van der Waals surface area contributed by atoms with Crippen LogP contribution in [0.1, 0.15) is 13.3 Å². The molecule has 8 heavy (non-hydrogen) atoms. The summed E-state index contributed by atoms with van der Waals surface area (Å²) in [6.07, 6.45) is 0.836. The first-order valence-electron chi connectivity index (χ1n) is 2.41. The highest BCUT2D eigenvalue weighted by molar-refractivity contribution is 5.47. The summed E-state index contributed by atoms with van der Waals surface area (Å²) in [5.74, 6) is 0. The van der Waals surface area contributed by atoms with Crippen molar-refractivity contribution in [1.29, 1.82) is 0 Å². The van der Waals surface area contributed by atoms with E-state index in [0.29, 0.717) is 12.8 Å². The van der Waals surface area contributed by atoms with Crippen LogP contribution in [0.4, 0.5) is 0 Å². The van der Waals surface area contributed by atoms with Gasteiger partial charge in [-0.05, 0) is 13.3 Å². The number of amides is 1. The van der Waals surface area contributed by atoms with Crippen LogP contribution >= 0.6 is 0 Å². The van der Waals surface area contributed by atoms with Crippen molar-refractivity contribution in [3.05, 3.63) is 6.92 Å². The van der Waals surface area contributed by atoms with E-state index < -0.39 is 5.72 Å². The lowest BCUT2D eigenvalue weighted by Gasteiger charge is -2.18. The first-order valence-corrected chi connectivity index (χ1v) is 2.41. The van der Waals surface area contributed by atoms with Crippen LogP contribution in [0.5, 0.6) is 0 Å². The topological polar surface area (TPSA) is 49.3 Å². The van der Waals surface area contributed by atoms with Gasteiger partial charge in [0.25, 0.3) is 0 Å². The summed E-state index contributed by atoms with van der Waals surface area (Å²) in [5, 5.41) is 11.0. The summed E-state index contributed by atoms with van der Waals surface area (Å²) < 4.78 is 0. The predicted octanol–water partition coefficient (Wildman–Crippen LogP) is -0.335. The van der Waals surface area contributed by atoms with Gasteiger partial charge in [-0.1, -0.05) is 6.92 Å². The van der Waals surface area contributed by atoms with E-state index >= 15 is 0 Å². The zero-order valence-corrected chi connectivity index (χ0v) is 4.85. The lowest BCUT2D eigenvalue weighted by atomic mass is 10.2. The highest BCUT2D eigenvalue weighted by Crippen LogP contribution is 1.99. The van der Waals surface area contributed by atoms with E-state index in [0.717, 1.165) is 0 Å². The van der Waals surface area contributed by atoms with Crippen molar-refractivity contribution >= 4 is 6.41 Å². The van der Waals surface area contributed by atoms with Crippen LogP contribution in [0, 0.1) is 6.92 Å². The molecule has 0 aromatic rings. The van der Waals surface area contributed by atoms with Crippen molar-refractivity contribution in [1.82, 2.24) is 5.32 Å². The Hall–Kier alpha value is -0.570. The maximum absolute atomic E-state index is 9.67. The molecule has 1 unspecified atom stereocenters. The standard InChI is InChI=1S/C5H10NO2/c1-3-5(2,8)6-4-7/h4,8H,2-3H2,1H3,(H,6,7). The van der Waals surface area contributed by atoms with Gasteiger partial charge in [-0.3, -0.25) is 4.79 Å². The van der Waals surface area contributed by atoms with Gasteiger partial charge in [0.05, 0.1) is 0 Å². The molecule has 3 heteroatoms. The van der Waals surface area contributed by atoms with Gasteiger partial charge in [0.1, 0.15) is 5.72 Å². The van der Waals surface area contributed by atoms with Crippen LogP contribution in [0.3, 0.4) is 0 Å². The molecule has 0 bridgehead atoms. The van der Waals surface area contributed by atoms with Gasteiger partial charge in [-0.15, -0.1) is 0 Å². The van der Waals surface area contributed by atoms with Crippen LogP contribution in [0.25, 0.3) is 0 Å². The molecule has 1 amide bonds. The quantitative estimate of drug-likeness (QED) is 0.391. The molecule has 0 aromatic heterocycles. The van der Waals surface area contributed by atoms with Gasteiger partial charge in [0.15, 0.2) is 0 Å². The van der Waals surface area contributed by atoms with Crippen molar-refractivity contribution in [2.75, 3.05) is 0 Å². The fraction of sp³-hybridized carbons (Fsp3) is 0.600. The lowest BCUT2D eigenvalue weighted by molar-refractivity contribution is -0.114. The van der Waals surface area contributed by atoms with E-state index in [1.165, 1.54) is 0 Å². The molecule has 1 radical (unpaired) electrons. The number of hydrogen-bond acceptors (Lipinski definition) is 2. The Morgan fingerprint density at radius 1 is 2.00 bits per heavy atom. The monoisotopic (exact) mass is 116 g/mol. The molecule has 0 heterocycles. The zero-order valence-electron chi connectivity index (χ0n) is 4.85. The maximum atomic E-state index is 9.67. The molecular weight excluding hydrogens is 106 g/mol. The predicted molar refractivity (Wildman–Crippen MR) is 29.8 cm³/mol. The van der Waals surface area contributed by atoms with Crippen molar-refractivity contribution in [2.24, 2.45) is 0 Å². The largest absolute Gasteiger partial charge is 0.371 e. The minimum Gasteiger partial charge on any atom is -0.371 e. The second kappa shape index (κ2) is 2.67. The zero-order chi connectivity index (χ0) is 6.62. The van der Waals surface area contributed by atoms with Gasteiger partial charge in [-0.2, -0.15) is 0 Å². The van der Waals surface area contributed by atoms with Gasteiger partial charge in [0.2, 0.25) is 6.41 Å². The third-order valence-corrected chi connectivity index (χ3v) is 0.912. The van der Waals surface area contributed by atoms with Crippen LogP contribution in [0.2, 0.25) is 0 Å². The summed E-state index contributed by atoms with van der Waals surface area (Å²) >= 11 is 0. The van der Waals surface area contributed by atoms with Crippen LogP contribution in [-0.4, -0.2) is 17.2 Å². The molecule has 0 aliphatic heterocycles. The molecule has 0 aromatic carbocycles. The summed E-state index contributed by atoms with van der Waals surface area (Å²) in [6.45, 7) is 5.02. The van der Waals surface area contributed by atoms with Gasteiger partial charge < -0.3 is 10.4 Å². The first-order chi connectivity index (χ1) is 3.62. The molecule has 0 aliphatic rings. The number of carbonyl (C=O) groups excluding carboxylic acids is 1. The van der Waals surface area contributed by atoms with E-state index in [1.807, 2.05) is 0 Å². The molecule has 0 saturated heterocycles. The summed E-state index contributed by atoms with van der Waals surface area (Å²) in [7, 11) is 0. The summed E-state index contributed by atoms with van der Waals surface area (Å²) in [4.78, 5) is 9.67. The molecular formula is C5H10NO2. The SMILES string of the molecule is [CH2]C(O)(CC)NC=O. The van der Waals surface area contributed by atoms with Crippen molar-refractivity contribution in [2.45, 2.75) is 19.1 Å². The van der Waals surface area contributed by atoms with Crippen LogP contribution in [0.15, 0.2) is 0 Å². The summed E-state index contributed by atoms with van der Waals surface area (Å²) in [6, 6.07) is 0. The van der Waals surface area contributed by atoms with E-state index in [1.54, 1.807) is 6.92 Å². The highest BCUT2D eigenvalue weighted by atomic mass is 16.3. The van der Waals surface area contributed by atoms with E-state index in [2.05, 4.69) is 12.2 Å². The minimum absolute atomic E-state index is 0.408. The Labute approximate surface area is 48.7 Å². The molecule has 0 spiro atoms. The molecule has 0 rings (SSSR count). The Balaban J connectivity index is 3.53. The highest BCUT2D eigenvalue weighted by Gasteiger charge is 2.13. The van der Waals surface area contributed by atoms with Crippen molar-refractivity contribution in [3.63, 3.8) is 0 Å². The Kier molecular flexibility index (Phi) is 2.48. The van der Waals surface area contributed by atoms with E-state index in [-0.39, 0.29) is 0 Å². The third kappa shape index (κ3) is 2.58. The van der Waals surface area contributed by atoms with Gasteiger partial charge in [-0.25, -0.2) is 0 Å². The van der Waals surface area contributed by atoms with Crippen molar-refractivity contribution < 1.29 is 9.90 Å². The fourth-order valence-corrected chi connectivity index (χ4v) is 0.212. The number of nitrogens with one attached hydrogen (secondary N) is 1.